The molecule has 0 bridgehead atoms. The molecule has 0 amide bonds. The van der Waals surface area contributed by atoms with Crippen LogP contribution in [0.15, 0.2) is 18.5 Å². The van der Waals surface area contributed by atoms with Crippen molar-refractivity contribution in [3.63, 3.8) is 0 Å². The van der Waals surface area contributed by atoms with E-state index in [1.807, 2.05) is 13.0 Å². The Bertz CT molecular complexity index is 477. The summed E-state index contributed by atoms with van der Waals surface area (Å²) in [5.41, 5.74) is 0.338. The fourth-order valence-corrected chi connectivity index (χ4v) is 3.53. The van der Waals surface area contributed by atoms with Gasteiger partial charge in [-0.3, -0.25) is 14.7 Å². The molecule has 1 fully saturated rings. The SMILES string of the molecule is CCOc1cncc(C(=O)C2(N(CC)CC)CCCC2)c1. The minimum absolute atomic E-state index is 0.206. The number of Topliss-reactive ketones (excluding diaryl/α,β-unsaturated/α-hetero) is 1. The molecular weight excluding hydrogens is 264 g/mol. The van der Waals surface area contributed by atoms with Crippen LogP contribution < -0.4 is 4.74 Å². The number of pyridine rings is 1. The topological polar surface area (TPSA) is 42.4 Å². The molecule has 0 spiro atoms. The Labute approximate surface area is 127 Å². The van der Waals surface area contributed by atoms with Gasteiger partial charge in [0.2, 0.25) is 0 Å². The first-order chi connectivity index (χ1) is 10.2. The van der Waals surface area contributed by atoms with Gasteiger partial charge in [-0.2, -0.15) is 0 Å². The second-order valence-electron chi connectivity index (χ2n) is 5.58. The van der Waals surface area contributed by atoms with Gasteiger partial charge < -0.3 is 4.74 Å². The summed E-state index contributed by atoms with van der Waals surface area (Å²) in [7, 11) is 0. The minimum Gasteiger partial charge on any atom is -0.492 e. The lowest BCUT2D eigenvalue weighted by Gasteiger charge is -2.39. The highest BCUT2D eigenvalue weighted by molar-refractivity contribution is 6.03. The van der Waals surface area contributed by atoms with E-state index in [1.54, 1.807) is 12.4 Å². The van der Waals surface area contributed by atoms with Crippen LogP contribution in [0.2, 0.25) is 0 Å². The van der Waals surface area contributed by atoms with E-state index in [0.717, 1.165) is 38.8 Å². The lowest BCUT2D eigenvalue weighted by molar-refractivity contribution is 0.0583. The van der Waals surface area contributed by atoms with E-state index in [0.29, 0.717) is 17.9 Å². The number of ketones is 1. The summed E-state index contributed by atoms with van der Waals surface area (Å²) in [6.07, 6.45) is 7.49. The van der Waals surface area contributed by atoms with Gasteiger partial charge in [0.15, 0.2) is 5.78 Å². The maximum Gasteiger partial charge on any atom is 0.184 e. The zero-order chi connectivity index (χ0) is 15.3. The van der Waals surface area contributed by atoms with Gasteiger partial charge in [-0.1, -0.05) is 26.7 Å². The Kier molecular flexibility index (Phi) is 5.34. The zero-order valence-corrected chi connectivity index (χ0v) is 13.4. The van der Waals surface area contributed by atoms with Crippen molar-refractivity contribution in [3.05, 3.63) is 24.0 Å². The van der Waals surface area contributed by atoms with Crippen LogP contribution in [0.1, 0.15) is 56.8 Å². The highest BCUT2D eigenvalue weighted by Gasteiger charge is 2.45. The molecule has 1 saturated carbocycles. The summed E-state index contributed by atoms with van der Waals surface area (Å²) in [4.78, 5) is 19.6. The molecule has 21 heavy (non-hydrogen) atoms. The molecule has 4 nitrogen and oxygen atoms in total. The fourth-order valence-electron chi connectivity index (χ4n) is 3.53. The Balaban J connectivity index is 2.32. The second kappa shape index (κ2) is 7.03. The standard InChI is InChI=1S/C17H26N2O2/c1-4-19(5-2)17(9-7-8-10-17)16(20)14-11-15(21-6-3)13-18-12-14/h11-13H,4-10H2,1-3H3. The monoisotopic (exact) mass is 290 g/mol. The number of aromatic nitrogens is 1. The van der Waals surface area contributed by atoms with Crippen molar-refractivity contribution in [1.29, 1.82) is 0 Å². The molecule has 0 N–H and O–H groups in total. The van der Waals surface area contributed by atoms with Crippen LogP contribution in [-0.4, -0.2) is 40.9 Å². The van der Waals surface area contributed by atoms with Gasteiger partial charge >= 0.3 is 0 Å². The number of rotatable bonds is 7. The predicted octanol–water partition coefficient (Wildman–Crippen LogP) is 3.32. The Morgan fingerprint density at radius 1 is 1.24 bits per heavy atom. The van der Waals surface area contributed by atoms with Crippen molar-refractivity contribution >= 4 is 5.78 Å². The highest BCUT2D eigenvalue weighted by atomic mass is 16.5. The molecule has 1 heterocycles. The van der Waals surface area contributed by atoms with Gasteiger partial charge in [-0.05, 0) is 38.9 Å². The first kappa shape index (κ1) is 16.0. The summed E-state index contributed by atoms with van der Waals surface area (Å²) < 4.78 is 5.48. The van der Waals surface area contributed by atoms with Crippen molar-refractivity contribution in [2.24, 2.45) is 0 Å². The molecule has 1 aromatic heterocycles. The molecule has 2 rings (SSSR count). The third-order valence-electron chi connectivity index (χ3n) is 4.51. The van der Waals surface area contributed by atoms with Crippen LogP contribution in [0.3, 0.4) is 0 Å². The smallest absolute Gasteiger partial charge is 0.184 e. The molecule has 0 saturated heterocycles. The molecular formula is C17H26N2O2. The summed E-state index contributed by atoms with van der Waals surface area (Å²) in [6.45, 7) is 8.59. The third kappa shape index (κ3) is 3.10. The Morgan fingerprint density at radius 3 is 2.48 bits per heavy atom. The van der Waals surface area contributed by atoms with Crippen LogP contribution in [0, 0.1) is 0 Å². The van der Waals surface area contributed by atoms with Gasteiger partial charge in [0.05, 0.1) is 18.3 Å². The lowest BCUT2D eigenvalue weighted by Crippen LogP contribution is -2.52. The molecule has 4 heteroatoms. The first-order valence-electron chi connectivity index (χ1n) is 8.05. The summed E-state index contributed by atoms with van der Waals surface area (Å²) in [5.74, 6) is 0.883. The van der Waals surface area contributed by atoms with Gasteiger partial charge in [0.1, 0.15) is 5.75 Å². The maximum absolute atomic E-state index is 13.1. The summed E-state index contributed by atoms with van der Waals surface area (Å²) >= 11 is 0. The van der Waals surface area contributed by atoms with Crippen LogP contribution in [0.25, 0.3) is 0 Å². The quantitative estimate of drug-likeness (QED) is 0.722. The van der Waals surface area contributed by atoms with Crippen molar-refractivity contribution in [1.82, 2.24) is 9.88 Å². The third-order valence-corrected chi connectivity index (χ3v) is 4.51. The largest absolute Gasteiger partial charge is 0.492 e. The molecule has 1 aliphatic rings. The number of nitrogens with zero attached hydrogens (tertiary/aromatic N) is 2. The molecule has 0 radical (unpaired) electrons. The number of hydrogen-bond acceptors (Lipinski definition) is 4. The number of carbonyl (C=O) groups excluding carboxylic acids is 1. The van der Waals surface area contributed by atoms with E-state index in [1.165, 1.54) is 0 Å². The molecule has 1 aromatic rings. The summed E-state index contributed by atoms with van der Waals surface area (Å²) in [5, 5.41) is 0. The molecule has 0 unspecified atom stereocenters. The Hall–Kier alpha value is -1.42. The number of likely N-dealkylation sites (N-methyl/N-ethyl adjacent to an activating group) is 1. The lowest BCUT2D eigenvalue weighted by atomic mass is 9.86. The fraction of sp³-hybridized carbons (Fsp3) is 0.647. The van der Waals surface area contributed by atoms with Crippen molar-refractivity contribution in [2.75, 3.05) is 19.7 Å². The van der Waals surface area contributed by atoms with E-state index in [9.17, 15) is 4.79 Å². The van der Waals surface area contributed by atoms with Crippen LogP contribution in [0.4, 0.5) is 0 Å². The van der Waals surface area contributed by atoms with Crippen molar-refractivity contribution < 1.29 is 9.53 Å². The van der Waals surface area contributed by atoms with Gasteiger partial charge in [-0.15, -0.1) is 0 Å². The maximum atomic E-state index is 13.1. The average molecular weight is 290 g/mol. The normalized spacial score (nSPS) is 17.1. The predicted molar refractivity (Wildman–Crippen MR) is 83.9 cm³/mol. The highest BCUT2D eigenvalue weighted by Crippen LogP contribution is 2.38. The first-order valence-corrected chi connectivity index (χ1v) is 8.05. The van der Waals surface area contributed by atoms with Gasteiger partial charge in [0, 0.05) is 11.8 Å². The number of carbonyl (C=O) groups is 1. The van der Waals surface area contributed by atoms with Crippen molar-refractivity contribution in [3.8, 4) is 5.75 Å². The number of hydrogen-bond donors (Lipinski definition) is 0. The van der Waals surface area contributed by atoms with E-state index in [4.69, 9.17) is 4.74 Å². The van der Waals surface area contributed by atoms with E-state index in [2.05, 4.69) is 23.7 Å². The number of ether oxygens (including phenoxy) is 1. The minimum atomic E-state index is -0.337. The van der Waals surface area contributed by atoms with Crippen molar-refractivity contribution in [2.45, 2.75) is 52.0 Å². The zero-order valence-electron chi connectivity index (χ0n) is 13.4. The van der Waals surface area contributed by atoms with Gasteiger partial charge in [0.25, 0.3) is 0 Å². The van der Waals surface area contributed by atoms with E-state index < -0.39 is 0 Å². The van der Waals surface area contributed by atoms with Crippen LogP contribution >= 0.6 is 0 Å². The average Bonchev–Trinajstić information content (AvgIpc) is 2.99. The molecule has 116 valence electrons. The molecule has 0 aromatic carbocycles. The van der Waals surface area contributed by atoms with E-state index in [-0.39, 0.29) is 11.3 Å². The van der Waals surface area contributed by atoms with Crippen LogP contribution in [0.5, 0.6) is 5.75 Å². The second-order valence-corrected chi connectivity index (χ2v) is 5.58. The summed E-state index contributed by atoms with van der Waals surface area (Å²) in [6, 6.07) is 1.84. The Morgan fingerprint density at radius 2 is 1.90 bits per heavy atom. The van der Waals surface area contributed by atoms with Gasteiger partial charge in [-0.25, -0.2) is 0 Å². The van der Waals surface area contributed by atoms with E-state index >= 15 is 0 Å². The molecule has 1 aliphatic carbocycles. The molecule has 0 atom stereocenters. The van der Waals surface area contributed by atoms with Crippen LogP contribution in [-0.2, 0) is 0 Å². The molecule has 0 aliphatic heterocycles.